The van der Waals surface area contributed by atoms with Crippen molar-refractivity contribution in [1.82, 2.24) is 0 Å². The van der Waals surface area contributed by atoms with Crippen LogP contribution in [-0.2, 0) is 0 Å². The fourth-order valence-electron chi connectivity index (χ4n) is 6.12. The molecule has 2 nitrogen and oxygen atoms in total. The molecule has 0 aliphatic carbocycles. The lowest BCUT2D eigenvalue weighted by atomic mass is 9.93. The SMILES string of the molecule is c1ccc(-c2ccc(-c3c4ccccc4cc4c3oc3cccc(N(c5ccccc5)c5ccccc5)c34)cc2)cc1. The number of hydrogen-bond acceptors (Lipinski definition) is 2. The third kappa shape index (κ3) is 4.05. The van der Waals surface area contributed by atoms with Crippen molar-refractivity contribution in [3.8, 4) is 22.3 Å². The van der Waals surface area contributed by atoms with Gasteiger partial charge in [0, 0.05) is 22.3 Å². The molecule has 1 aromatic heterocycles. The van der Waals surface area contributed by atoms with Crippen molar-refractivity contribution in [3.05, 3.63) is 164 Å². The van der Waals surface area contributed by atoms with E-state index in [2.05, 4.69) is 169 Å². The molecule has 8 aromatic rings. The molecule has 0 fully saturated rings. The van der Waals surface area contributed by atoms with Crippen LogP contribution in [0.25, 0.3) is 55.0 Å². The van der Waals surface area contributed by atoms with Crippen molar-refractivity contribution in [2.45, 2.75) is 0 Å². The summed E-state index contributed by atoms with van der Waals surface area (Å²) >= 11 is 0. The minimum atomic E-state index is 0.872. The van der Waals surface area contributed by atoms with Gasteiger partial charge in [0.15, 0.2) is 0 Å². The fraction of sp³-hybridized carbons (Fsp3) is 0. The highest BCUT2D eigenvalue weighted by molar-refractivity contribution is 6.21. The first-order valence-electron chi connectivity index (χ1n) is 14.3. The number of hydrogen-bond donors (Lipinski definition) is 0. The zero-order chi connectivity index (χ0) is 27.9. The van der Waals surface area contributed by atoms with E-state index in [-0.39, 0.29) is 0 Å². The number of benzene rings is 7. The highest BCUT2D eigenvalue weighted by Gasteiger charge is 2.22. The van der Waals surface area contributed by atoms with Crippen LogP contribution in [0.3, 0.4) is 0 Å². The number of fused-ring (bicyclic) bond motifs is 4. The lowest BCUT2D eigenvalue weighted by Crippen LogP contribution is -2.09. The van der Waals surface area contributed by atoms with Gasteiger partial charge in [-0.1, -0.05) is 121 Å². The zero-order valence-electron chi connectivity index (χ0n) is 22.9. The van der Waals surface area contributed by atoms with Gasteiger partial charge in [-0.25, -0.2) is 0 Å². The second-order valence-corrected chi connectivity index (χ2v) is 10.6. The Hall–Kier alpha value is -5.60. The van der Waals surface area contributed by atoms with Crippen molar-refractivity contribution >= 4 is 49.8 Å². The molecule has 0 radical (unpaired) electrons. The van der Waals surface area contributed by atoms with Gasteiger partial charge >= 0.3 is 0 Å². The van der Waals surface area contributed by atoms with Crippen molar-refractivity contribution in [1.29, 1.82) is 0 Å². The second kappa shape index (κ2) is 10.1. The van der Waals surface area contributed by atoms with E-state index in [1.54, 1.807) is 0 Å². The third-order valence-electron chi connectivity index (χ3n) is 8.04. The van der Waals surface area contributed by atoms with Crippen LogP contribution in [0.2, 0.25) is 0 Å². The molecule has 8 rings (SSSR count). The van der Waals surface area contributed by atoms with E-state index < -0.39 is 0 Å². The summed E-state index contributed by atoms with van der Waals surface area (Å²) in [6.07, 6.45) is 0. The van der Waals surface area contributed by atoms with Crippen LogP contribution < -0.4 is 4.90 Å². The highest BCUT2D eigenvalue weighted by Crippen LogP contribution is 2.46. The predicted molar refractivity (Wildman–Crippen MR) is 177 cm³/mol. The molecule has 0 atom stereocenters. The van der Waals surface area contributed by atoms with Crippen molar-refractivity contribution in [2.24, 2.45) is 0 Å². The summed E-state index contributed by atoms with van der Waals surface area (Å²) in [5.41, 5.74) is 9.74. The monoisotopic (exact) mass is 537 g/mol. The molecule has 0 saturated heterocycles. The van der Waals surface area contributed by atoms with E-state index >= 15 is 0 Å². The number of nitrogens with zero attached hydrogens (tertiary/aromatic N) is 1. The number of anilines is 3. The normalized spacial score (nSPS) is 11.3. The minimum Gasteiger partial charge on any atom is -0.455 e. The second-order valence-electron chi connectivity index (χ2n) is 10.6. The first-order valence-corrected chi connectivity index (χ1v) is 14.3. The molecule has 0 aliphatic heterocycles. The molecular formula is C40H27NO. The summed E-state index contributed by atoms with van der Waals surface area (Å²) < 4.78 is 6.80. The van der Waals surface area contributed by atoms with E-state index in [1.165, 1.54) is 21.9 Å². The molecule has 1 heterocycles. The van der Waals surface area contributed by atoms with E-state index in [4.69, 9.17) is 4.42 Å². The number of rotatable bonds is 5. The molecule has 198 valence electrons. The molecule has 0 saturated carbocycles. The van der Waals surface area contributed by atoms with Crippen molar-refractivity contribution < 1.29 is 4.42 Å². The summed E-state index contributed by atoms with van der Waals surface area (Å²) in [5.74, 6) is 0. The molecule has 0 unspecified atom stereocenters. The Morgan fingerprint density at radius 1 is 0.429 bits per heavy atom. The van der Waals surface area contributed by atoms with E-state index in [9.17, 15) is 0 Å². The topological polar surface area (TPSA) is 16.4 Å². The molecule has 0 N–H and O–H groups in total. The maximum Gasteiger partial charge on any atom is 0.143 e. The number of para-hydroxylation sites is 2. The molecule has 2 heteroatoms. The lowest BCUT2D eigenvalue weighted by Gasteiger charge is -2.26. The Bertz CT molecular complexity index is 2120. The highest BCUT2D eigenvalue weighted by atomic mass is 16.3. The van der Waals surface area contributed by atoms with Gasteiger partial charge in [0.05, 0.1) is 11.1 Å². The predicted octanol–water partition coefficient (Wildman–Crippen LogP) is 11.5. The van der Waals surface area contributed by atoms with Gasteiger partial charge in [-0.05, 0) is 69.9 Å². The van der Waals surface area contributed by atoms with E-state index in [1.807, 2.05) is 0 Å². The molecule has 0 bridgehead atoms. The Balaban J connectivity index is 1.41. The molecule has 7 aromatic carbocycles. The van der Waals surface area contributed by atoms with Gasteiger partial charge in [0.2, 0.25) is 0 Å². The van der Waals surface area contributed by atoms with Crippen LogP contribution in [0.15, 0.2) is 168 Å². The zero-order valence-corrected chi connectivity index (χ0v) is 22.9. The average molecular weight is 538 g/mol. The quantitative estimate of drug-likeness (QED) is 0.217. The van der Waals surface area contributed by atoms with Crippen molar-refractivity contribution in [2.75, 3.05) is 4.90 Å². The summed E-state index contributed by atoms with van der Waals surface area (Å²) in [5, 5.41) is 4.59. The van der Waals surface area contributed by atoms with Gasteiger partial charge in [-0.3, -0.25) is 0 Å². The number of furan rings is 1. The van der Waals surface area contributed by atoms with Crippen LogP contribution in [-0.4, -0.2) is 0 Å². The third-order valence-corrected chi connectivity index (χ3v) is 8.04. The molecule has 0 amide bonds. The first kappa shape index (κ1) is 24.2. The van der Waals surface area contributed by atoms with Gasteiger partial charge in [0.25, 0.3) is 0 Å². The first-order chi connectivity index (χ1) is 20.8. The smallest absolute Gasteiger partial charge is 0.143 e. The summed E-state index contributed by atoms with van der Waals surface area (Å²) in [4.78, 5) is 2.32. The summed E-state index contributed by atoms with van der Waals surface area (Å²) in [6.45, 7) is 0. The molecule has 42 heavy (non-hydrogen) atoms. The molecule has 0 spiro atoms. The minimum absolute atomic E-state index is 0.872. The standard InChI is InChI=1S/C40H27NO/c1-4-13-28(14-5-1)29-23-25-30(26-24-29)38-34-20-11-10-15-31(34)27-35-39-36(21-12-22-37(39)42-40(35)38)41(32-16-6-2-7-17-32)33-18-8-3-9-19-33/h1-27H. The van der Waals surface area contributed by atoms with Crippen LogP contribution in [0, 0.1) is 0 Å². The largest absolute Gasteiger partial charge is 0.455 e. The molecular weight excluding hydrogens is 510 g/mol. The van der Waals surface area contributed by atoms with Crippen LogP contribution in [0.4, 0.5) is 17.1 Å². The van der Waals surface area contributed by atoms with Crippen molar-refractivity contribution in [3.63, 3.8) is 0 Å². The fourth-order valence-corrected chi connectivity index (χ4v) is 6.12. The lowest BCUT2D eigenvalue weighted by molar-refractivity contribution is 0.670. The van der Waals surface area contributed by atoms with Crippen LogP contribution in [0.1, 0.15) is 0 Å². The Morgan fingerprint density at radius 3 is 1.69 bits per heavy atom. The van der Waals surface area contributed by atoms with Crippen LogP contribution in [0.5, 0.6) is 0 Å². The molecule has 0 aliphatic rings. The Morgan fingerprint density at radius 2 is 1.00 bits per heavy atom. The Kier molecular flexibility index (Phi) is 5.82. The van der Waals surface area contributed by atoms with Gasteiger partial charge in [-0.15, -0.1) is 0 Å². The summed E-state index contributed by atoms with van der Waals surface area (Å²) in [7, 11) is 0. The summed E-state index contributed by atoms with van der Waals surface area (Å²) in [6, 6.07) is 57.7. The van der Waals surface area contributed by atoms with E-state index in [0.717, 1.165) is 50.1 Å². The average Bonchev–Trinajstić information content (AvgIpc) is 3.44. The van der Waals surface area contributed by atoms with E-state index in [0.29, 0.717) is 0 Å². The van der Waals surface area contributed by atoms with Gasteiger partial charge in [-0.2, -0.15) is 0 Å². The Labute approximate surface area is 244 Å². The van der Waals surface area contributed by atoms with Crippen LogP contribution >= 0.6 is 0 Å². The maximum atomic E-state index is 6.80. The maximum absolute atomic E-state index is 6.80. The van der Waals surface area contributed by atoms with Gasteiger partial charge in [0.1, 0.15) is 11.2 Å². The van der Waals surface area contributed by atoms with Gasteiger partial charge < -0.3 is 9.32 Å².